The smallest absolute Gasteiger partial charge is 0.253 e. The Bertz CT molecular complexity index is 837. The molecule has 0 radical (unpaired) electrons. The highest BCUT2D eigenvalue weighted by molar-refractivity contribution is 7.80. The Kier molecular flexibility index (Phi) is 6.13. The Balaban J connectivity index is 1.58. The van der Waals surface area contributed by atoms with Crippen LogP contribution in [0.5, 0.6) is 11.5 Å². The number of rotatable bonds is 6. The van der Waals surface area contributed by atoms with E-state index in [1.54, 1.807) is 4.90 Å². The first-order chi connectivity index (χ1) is 13.1. The molecule has 0 bridgehead atoms. The summed E-state index contributed by atoms with van der Waals surface area (Å²) in [5.74, 6) is 1.52. The van der Waals surface area contributed by atoms with Crippen molar-refractivity contribution >= 4 is 28.9 Å². The average molecular weight is 385 g/mol. The molecule has 2 aromatic carbocycles. The molecule has 2 N–H and O–H groups in total. The molecule has 6 nitrogen and oxygen atoms in total. The highest BCUT2D eigenvalue weighted by atomic mass is 32.1. The van der Waals surface area contributed by atoms with Gasteiger partial charge in [0, 0.05) is 30.9 Å². The van der Waals surface area contributed by atoms with Crippen LogP contribution in [0, 0.1) is 0 Å². The summed E-state index contributed by atoms with van der Waals surface area (Å²) in [5.41, 5.74) is 2.45. The molecule has 1 amide bonds. The summed E-state index contributed by atoms with van der Waals surface area (Å²) in [6.07, 6.45) is 0. The van der Waals surface area contributed by atoms with E-state index in [9.17, 15) is 4.79 Å². The maximum atomic E-state index is 12.5. The molecule has 142 valence electrons. The summed E-state index contributed by atoms with van der Waals surface area (Å²) in [7, 11) is 0. The molecule has 1 aliphatic heterocycles. The number of hydrogen-bond acceptors (Lipinski definition) is 4. The fourth-order valence-corrected chi connectivity index (χ4v) is 3.02. The molecule has 0 aromatic heterocycles. The molecule has 2 aromatic rings. The normalized spacial score (nSPS) is 11.8. The first kappa shape index (κ1) is 19.0. The van der Waals surface area contributed by atoms with E-state index in [-0.39, 0.29) is 12.7 Å². The van der Waals surface area contributed by atoms with E-state index in [0.717, 1.165) is 22.7 Å². The second kappa shape index (κ2) is 8.73. The van der Waals surface area contributed by atoms with E-state index in [1.807, 2.05) is 56.3 Å². The topological polar surface area (TPSA) is 62.8 Å². The van der Waals surface area contributed by atoms with Crippen LogP contribution in [-0.4, -0.2) is 35.8 Å². The highest BCUT2D eigenvalue weighted by Gasteiger charge is 2.14. The molecule has 0 saturated carbocycles. The van der Waals surface area contributed by atoms with Crippen LogP contribution in [-0.2, 0) is 6.54 Å². The zero-order chi connectivity index (χ0) is 19.2. The Morgan fingerprint density at radius 1 is 1.11 bits per heavy atom. The van der Waals surface area contributed by atoms with Gasteiger partial charge < -0.3 is 25.0 Å². The fourth-order valence-electron chi connectivity index (χ4n) is 2.83. The molecule has 0 aliphatic carbocycles. The zero-order valence-electron chi connectivity index (χ0n) is 15.5. The van der Waals surface area contributed by atoms with Crippen LogP contribution in [0.4, 0.5) is 5.69 Å². The van der Waals surface area contributed by atoms with E-state index < -0.39 is 0 Å². The number of hydrogen-bond donors (Lipinski definition) is 2. The summed E-state index contributed by atoms with van der Waals surface area (Å²) >= 11 is 5.37. The number of nitrogens with one attached hydrogen (secondary N) is 2. The molecule has 0 saturated heterocycles. The van der Waals surface area contributed by atoms with Crippen molar-refractivity contribution in [1.29, 1.82) is 0 Å². The summed E-state index contributed by atoms with van der Waals surface area (Å²) in [6.45, 7) is 6.12. The number of carbonyl (C=O) groups excluding carboxylic acids is 1. The van der Waals surface area contributed by atoms with Crippen LogP contribution in [0.1, 0.15) is 29.8 Å². The fraction of sp³-hybridized carbons (Fsp3) is 0.300. The maximum absolute atomic E-state index is 12.5. The zero-order valence-corrected chi connectivity index (χ0v) is 16.3. The van der Waals surface area contributed by atoms with Gasteiger partial charge in [0.15, 0.2) is 16.6 Å². The van der Waals surface area contributed by atoms with E-state index in [4.69, 9.17) is 21.7 Å². The quantitative estimate of drug-likeness (QED) is 0.744. The summed E-state index contributed by atoms with van der Waals surface area (Å²) in [4.78, 5) is 14.3. The van der Waals surface area contributed by atoms with Gasteiger partial charge in [-0.2, -0.15) is 0 Å². The van der Waals surface area contributed by atoms with Gasteiger partial charge in [0.2, 0.25) is 6.79 Å². The lowest BCUT2D eigenvalue weighted by Crippen LogP contribution is -2.31. The van der Waals surface area contributed by atoms with Gasteiger partial charge in [-0.25, -0.2) is 0 Å². The number of ether oxygens (including phenoxy) is 2. The Morgan fingerprint density at radius 2 is 1.89 bits per heavy atom. The highest BCUT2D eigenvalue weighted by Crippen LogP contribution is 2.32. The predicted molar refractivity (Wildman–Crippen MR) is 109 cm³/mol. The van der Waals surface area contributed by atoms with Gasteiger partial charge >= 0.3 is 0 Å². The lowest BCUT2D eigenvalue weighted by molar-refractivity contribution is 0.0773. The molecular weight excluding hydrogens is 362 g/mol. The maximum Gasteiger partial charge on any atom is 0.253 e. The molecule has 7 heteroatoms. The van der Waals surface area contributed by atoms with Crippen molar-refractivity contribution in [1.82, 2.24) is 10.2 Å². The van der Waals surface area contributed by atoms with Gasteiger partial charge in [-0.1, -0.05) is 12.1 Å². The number of carbonyl (C=O) groups is 1. The van der Waals surface area contributed by atoms with Crippen LogP contribution < -0.4 is 20.1 Å². The second-order valence-electron chi connectivity index (χ2n) is 6.05. The molecule has 0 atom stereocenters. The van der Waals surface area contributed by atoms with Gasteiger partial charge in [0.25, 0.3) is 5.91 Å². The third kappa shape index (κ3) is 4.68. The van der Waals surface area contributed by atoms with Crippen molar-refractivity contribution in [3.63, 3.8) is 0 Å². The van der Waals surface area contributed by atoms with Crippen molar-refractivity contribution in [3.05, 3.63) is 53.6 Å². The van der Waals surface area contributed by atoms with Crippen LogP contribution in [0.3, 0.4) is 0 Å². The SMILES string of the molecule is CCN(CC)C(=O)c1cccc(NC(=S)NCc2ccc3c(c2)OCO3)c1. The minimum Gasteiger partial charge on any atom is -0.454 e. The van der Waals surface area contributed by atoms with Gasteiger partial charge in [-0.3, -0.25) is 4.79 Å². The van der Waals surface area contributed by atoms with E-state index in [2.05, 4.69) is 10.6 Å². The summed E-state index contributed by atoms with van der Waals surface area (Å²) in [5, 5.41) is 6.78. The van der Waals surface area contributed by atoms with Gasteiger partial charge in [-0.15, -0.1) is 0 Å². The molecule has 0 spiro atoms. The number of fused-ring (bicyclic) bond motifs is 1. The van der Waals surface area contributed by atoms with Crippen molar-refractivity contribution in [3.8, 4) is 11.5 Å². The lowest BCUT2D eigenvalue weighted by atomic mass is 10.1. The first-order valence-electron chi connectivity index (χ1n) is 8.93. The molecule has 27 heavy (non-hydrogen) atoms. The Labute approximate surface area is 164 Å². The number of nitrogens with zero attached hydrogens (tertiary/aromatic N) is 1. The Morgan fingerprint density at radius 3 is 2.67 bits per heavy atom. The van der Waals surface area contributed by atoms with Crippen LogP contribution in [0.25, 0.3) is 0 Å². The average Bonchev–Trinajstić information content (AvgIpc) is 3.15. The van der Waals surface area contributed by atoms with E-state index in [1.165, 1.54) is 0 Å². The molecule has 1 aliphatic rings. The van der Waals surface area contributed by atoms with Crippen molar-refractivity contribution < 1.29 is 14.3 Å². The predicted octanol–water partition coefficient (Wildman–Crippen LogP) is 3.38. The lowest BCUT2D eigenvalue weighted by Gasteiger charge is -2.19. The number of anilines is 1. The van der Waals surface area contributed by atoms with Crippen LogP contribution in [0.15, 0.2) is 42.5 Å². The van der Waals surface area contributed by atoms with Gasteiger partial charge in [0.1, 0.15) is 0 Å². The van der Waals surface area contributed by atoms with Crippen LogP contribution >= 0.6 is 12.2 Å². The molecule has 0 fully saturated rings. The number of benzene rings is 2. The Hall–Kier alpha value is -2.80. The third-order valence-electron chi connectivity index (χ3n) is 4.31. The van der Waals surface area contributed by atoms with E-state index in [0.29, 0.717) is 30.3 Å². The van der Waals surface area contributed by atoms with Crippen molar-refractivity contribution in [2.24, 2.45) is 0 Å². The molecule has 3 rings (SSSR count). The van der Waals surface area contributed by atoms with Crippen molar-refractivity contribution in [2.75, 3.05) is 25.2 Å². The number of amides is 1. The van der Waals surface area contributed by atoms with Gasteiger partial charge in [-0.05, 0) is 62.0 Å². The van der Waals surface area contributed by atoms with E-state index >= 15 is 0 Å². The molecule has 1 heterocycles. The largest absolute Gasteiger partial charge is 0.454 e. The molecule has 0 unspecified atom stereocenters. The second-order valence-corrected chi connectivity index (χ2v) is 6.46. The van der Waals surface area contributed by atoms with Gasteiger partial charge in [0.05, 0.1) is 0 Å². The minimum atomic E-state index is 0.0166. The summed E-state index contributed by atoms with van der Waals surface area (Å²) in [6, 6.07) is 13.1. The van der Waals surface area contributed by atoms with Crippen LogP contribution in [0.2, 0.25) is 0 Å². The van der Waals surface area contributed by atoms with Crippen molar-refractivity contribution in [2.45, 2.75) is 20.4 Å². The molecular formula is C20H23N3O3S. The summed E-state index contributed by atoms with van der Waals surface area (Å²) < 4.78 is 10.7. The number of thiocarbonyl (C=S) groups is 1. The minimum absolute atomic E-state index is 0.0166. The first-order valence-corrected chi connectivity index (χ1v) is 9.34. The standard InChI is InChI=1S/C20H23N3O3S/c1-3-23(4-2)19(24)15-6-5-7-16(11-15)22-20(27)21-12-14-8-9-17-18(10-14)26-13-25-17/h5-11H,3-4,12-13H2,1-2H3,(H2,21,22,27). The monoisotopic (exact) mass is 385 g/mol. The third-order valence-corrected chi connectivity index (χ3v) is 4.55.